The summed E-state index contributed by atoms with van der Waals surface area (Å²) < 4.78 is 1.17. The smallest absolute Gasteiger partial charge is 0.0234 e. The van der Waals surface area contributed by atoms with E-state index >= 15 is 0 Å². The van der Waals surface area contributed by atoms with Crippen LogP contribution in [0.5, 0.6) is 0 Å². The van der Waals surface area contributed by atoms with Gasteiger partial charge in [-0.2, -0.15) is 0 Å². The molecule has 0 spiro atoms. The zero-order valence-corrected chi connectivity index (χ0v) is 11.9. The van der Waals surface area contributed by atoms with Gasteiger partial charge in [-0.15, -0.1) is 12.4 Å². The molecule has 2 nitrogen and oxygen atoms in total. The number of likely N-dealkylation sites (N-methyl/N-ethyl adjacent to an activating group) is 1. The molecular formula is C12H18BrClN2. The number of benzene rings is 1. The van der Waals surface area contributed by atoms with Crippen molar-refractivity contribution >= 4 is 28.3 Å². The fourth-order valence-electron chi connectivity index (χ4n) is 2.11. The van der Waals surface area contributed by atoms with Crippen molar-refractivity contribution in [2.45, 2.75) is 19.0 Å². The van der Waals surface area contributed by atoms with Gasteiger partial charge in [-0.25, -0.2) is 0 Å². The SMILES string of the molecule is CNC1CCN(Cc2cccc(Br)c2)C1.Cl. The van der Waals surface area contributed by atoms with Crippen LogP contribution in [-0.4, -0.2) is 31.1 Å². The van der Waals surface area contributed by atoms with E-state index < -0.39 is 0 Å². The van der Waals surface area contributed by atoms with Gasteiger partial charge in [0.1, 0.15) is 0 Å². The molecule has 16 heavy (non-hydrogen) atoms. The van der Waals surface area contributed by atoms with Gasteiger partial charge in [-0.3, -0.25) is 4.90 Å². The van der Waals surface area contributed by atoms with Crippen molar-refractivity contribution in [2.75, 3.05) is 20.1 Å². The quantitative estimate of drug-likeness (QED) is 0.923. The largest absolute Gasteiger partial charge is 0.316 e. The Bertz CT molecular complexity index is 333. The number of halogens is 2. The monoisotopic (exact) mass is 304 g/mol. The molecule has 90 valence electrons. The Labute approximate surface area is 112 Å². The molecule has 1 heterocycles. The highest BCUT2D eigenvalue weighted by Crippen LogP contribution is 2.16. The third-order valence-electron chi connectivity index (χ3n) is 2.98. The lowest BCUT2D eigenvalue weighted by atomic mass is 10.2. The normalized spacial score (nSPS) is 20.8. The van der Waals surface area contributed by atoms with E-state index in [2.05, 4.69) is 50.4 Å². The number of hydrogen-bond donors (Lipinski definition) is 1. The van der Waals surface area contributed by atoms with Gasteiger partial charge in [0.2, 0.25) is 0 Å². The molecule has 1 aromatic carbocycles. The number of hydrogen-bond acceptors (Lipinski definition) is 2. The van der Waals surface area contributed by atoms with E-state index in [4.69, 9.17) is 0 Å². The molecule has 1 unspecified atom stereocenters. The van der Waals surface area contributed by atoms with Crippen LogP contribution < -0.4 is 5.32 Å². The van der Waals surface area contributed by atoms with Crippen molar-refractivity contribution in [3.05, 3.63) is 34.3 Å². The molecule has 1 aromatic rings. The van der Waals surface area contributed by atoms with Gasteiger partial charge in [0, 0.05) is 30.1 Å². The third-order valence-corrected chi connectivity index (χ3v) is 3.47. The zero-order valence-electron chi connectivity index (χ0n) is 9.45. The summed E-state index contributed by atoms with van der Waals surface area (Å²) in [7, 11) is 2.05. The molecule has 4 heteroatoms. The molecule has 1 saturated heterocycles. The highest BCUT2D eigenvalue weighted by molar-refractivity contribution is 9.10. The summed E-state index contributed by atoms with van der Waals surface area (Å²) in [5.74, 6) is 0. The molecule has 2 rings (SSSR count). The maximum atomic E-state index is 3.51. The lowest BCUT2D eigenvalue weighted by molar-refractivity contribution is 0.322. The van der Waals surface area contributed by atoms with Crippen LogP contribution in [0.1, 0.15) is 12.0 Å². The van der Waals surface area contributed by atoms with Gasteiger partial charge in [-0.05, 0) is 31.2 Å². The third kappa shape index (κ3) is 3.74. The van der Waals surface area contributed by atoms with Crippen molar-refractivity contribution in [2.24, 2.45) is 0 Å². The molecule has 0 saturated carbocycles. The van der Waals surface area contributed by atoms with E-state index in [1.54, 1.807) is 0 Å². The minimum atomic E-state index is 0. The number of likely N-dealkylation sites (tertiary alicyclic amines) is 1. The molecule has 1 atom stereocenters. The van der Waals surface area contributed by atoms with Crippen molar-refractivity contribution in [1.82, 2.24) is 10.2 Å². The lowest BCUT2D eigenvalue weighted by Crippen LogP contribution is -2.29. The van der Waals surface area contributed by atoms with Crippen LogP contribution in [0, 0.1) is 0 Å². The Hall–Kier alpha value is -0.0900. The van der Waals surface area contributed by atoms with E-state index in [9.17, 15) is 0 Å². The summed E-state index contributed by atoms with van der Waals surface area (Å²) >= 11 is 3.51. The molecule has 1 aliphatic rings. The van der Waals surface area contributed by atoms with Gasteiger partial charge in [0.15, 0.2) is 0 Å². The maximum absolute atomic E-state index is 3.51. The van der Waals surface area contributed by atoms with Gasteiger partial charge in [0.05, 0.1) is 0 Å². The Balaban J connectivity index is 0.00000128. The first-order valence-electron chi connectivity index (χ1n) is 5.42. The summed E-state index contributed by atoms with van der Waals surface area (Å²) in [5, 5.41) is 3.34. The molecule has 0 aromatic heterocycles. The van der Waals surface area contributed by atoms with Gasteiger partial charge >= 0.3 is 0 Å². The molecule has 0 bridgehead atoms. The van der Waals surface area contributed by atoms with E-state index in [1.807, 2.05) is 7.05 Å². The first-order valence-corrected chi connectivity index (χ1v) is 6.21. The Morgan fingerprint density at radius 2 is 2.31 bits per heavy atom. The van der Waals surface area contributed by atoms with Crippen LogP contribution >= 0.6 is 28.3 Å². The average Bonchev–Trinajstić information content (AvgIpc) is 2.65. The van der Waals surface area contributed by atoms with Crippen LogP contribution in [0.3, 0.4) is 0 Å². The number of nitrogens with zero attached hydrogens (tertiary/aromatic N) is 1. The summed E-state index contributed by atoms with van der Waals surface area (Å²) in [6, 6.07) is 9.25. The van der Waals surface area contributed by atoms with Crippen LogP contribution in [0.25, 0.3) is 0 Å². The summed E-state index contributed by atoms with van der Waals surface area (Å²) in [4.78, 5) is 2.50. The zero-order chi connectivity index (χ0) is 10.7. The van der Waals surface area contributed by atoms with Gasteiger partial charge < -0.3 is 5.32 Å². The van der Waals surface area contributed by atoms with Crippen molar-refractivity contribution in [3.63, 3.8) is 0 Å². The number of nitrogens with one attached hydrogen (secondary N) is 1. The molecule has 0 radical (unpaired) electrons. The Morgan fingerprint density at radius 3 is 2.94 bits per heavy atom. The topological polar surface area (TPSA) is 15.3 Å². The first kappa shape index (κ1) is 14.0. The summed E-state index contributed by atoms with van der Waals surface area (Å²) in [6.07, 6.45) is 1.27. The molecule has 1 fully saturated rings. The first-order chi connectivity index (χ1) is 7.28. The van der Waals surface area contributed by atoms with Crippen LogP contribution in [0.15, 0.2) is 28.7 Å². The van der Waals surface area contributed by atoms with Crippen LogP contribution in [0.4, 0.5) is 0 Å². The van der Waals surface area contributed by atoms with Crippen molar-refractivity contribution < 1.29 is 0 Å². The van der Waals surface area contributed by atoms with Crippen molar-refractivity contribution in [1.29, 1.82) is 0 Å². The van der Waals surface area contributed by atoms with E-state index in [0.717, 1.165) is 6.54 Å². The van der Waals surface area contributed by atoms with Gasteiger partial charge in [0.25, 0.3) is 0 Å². The summed E-state index contributed by atoms with van der Waals surface area (Å²) in [5.41, 5.74) is 1.39. The fraction of sp³-hybridized carbons (Fsp3) is 0.500. The van der Waals surface area contributed by atoms with Gasteiger partial charge in [-0.1, -0.05) is 28.1 Å². The van der Waals surface area contributed by atoms with E-state index in [1.165, 1.54) is 29.5 Å². The Kier molecular flexibility index (Phi) is 5.76. The van der Waals surface area contributed by atoms with E-state index in [0.29, 0.717) is 6.04 Å². The molecule has 0 aliphatic carbocycles. The second-order valence-corrected chi connectivity index (χ2v) is 5.05. The fourth-order valence-corrected chi connectivity index (χ4v) is 2.55. The highest BCUT2D eigenvalue weighted by Gasteiger charge is 2.20. The number of rotatable bonds is 3. The molecule has 0 amide bonds. The Morgan fingerprint density at radius 1 is 1.50 bits per heavy atom. The van der Waals surface area contributed by atoms with Crippen molar-refractivity contribution in [3.8, 4) is 0 Å². The highest BCUT2D eigenvalue weighted by atomic mass is 79.9. The molecule has 1 N–H and O–H groups in total. The predicted molar refractivity (Wildman–Crippen MR) is 74.1 cm³/mol. The van der Waals surface area contributed by atoms with Crippen LogP contribution in [0.2, 0.25) is 0 Å². The predicted octanol–water partition coefficient (Wildman–Crippen LogP) is 2.66. The lowest BCUT2D eigenvalue weighted by Gasteiger charge is -2.15. The second kappa shape index (κ2) is 6.60. The average molecular weight is 306 g/mol. The second-order valence-electron chi connectivity index (χ2n) is 4.14. The molecule has 1 aliphatic heterocycles. The minimum absolute atomic E-state index is 0. The maximum Gasteiger partial charge on any atom is 0.0234 e. The van der Waals surface area contributed by atoms with E-state index in [-0.39, 0.29) is 12.4 Å². The van der Waals surface area contributed by atoms with Crippen LogP contribution in [-0.2, 0) is 6.54 Å². The molecular weight excluding hydrogens is 288 g/mol. The standard InChI is InChI=1S/C12H17BrN2.ClH/c1-14-12-5-6-15(9-12)8-10-3-2-4-11(13)7-10;/h2-4,7,12,14H,5-6,8-9H2,1H3;1H. The minimum Gasteiger partial charge on any atom is -0.316 e. The summed E-state index contributed by atoms with van der Waals surface area (Å²) in [6.45, 7) is 3.44.